The van der Waals surface area contributed by atoms with E-state index in [4.69, 9.17) is 11.5 Å². The van der Waals surface area contributed by atoms with Crippen molar-refractivity contribution in [1.29, 1.82) is 0 Å². The van der Waals surface area contributed by atoms with Gasteiger partial charge in [0.2, 0.25) is 0 Å². The summed E-state index contributed by atoms with van der Waals surface area (Å²) in [4.78, 5) is 15.8. The Balaban J connectivity index is 2.53. The van der Waals surface area contributed by atoms with Gasteiger partial charge >= 0.3 is 0 Å². The number of hydrogen-bond donors (Lipinski definition) is 2. The molecule has 0 aliphatic heterocycles. The molecule has 19 heavy (non-hydrogen) atoms. The Morgan fingerprint density at radius 1 is 1.05 bits per heavy atom. The number of nitrogens with zero attached hydrogens (tertiary/aromatic N) is 1. The van der Waals surface area contributed by atoms with Crippen LogP contribution in [0.4, 0.5) is 17.1 Å². The van der Waals surface area contributed by atoms with Gasteiger partial charge in [0.05, 0.1) is 17.1 Å². The largest absolute Gasteiger partial charge is 0.398 e. The third kappa shape index (κ3) is 2.42. The van der Waals surface area contributed by atoms with Crippen LogP contribution in [0.5, 0.6) is 0 Å². The Hall–Kier alpha value is -2.36. The Bertz CT molecular complexity index is 652. The molecule has 0 aromatic heterocycles. The van der Waals surface area contributed by atoms with Crippen molar-refractivity contribution >= 4 is 28.6 Å². The van der Waals surface area contributed by atoms with Gasteiger partial charge in [0.25, 0.3) is 0 Å². The quantitative estimate of drug-likeness (QED) is 0.598. The van der Waals surface area contributed by atoms with E-state index >= 15 is 0 Å². The predicted octanol–water partition coefficient (Wildman–Crippen LogP) is 2.63. The minimum Gasteiger partial charge on any atom is -0.398 e. The maximum Gasteiger partial charge on any atom is 0.179 e. The molecule has 4 nitrogen and oxygen atoms in total. The molecule has 98 valence electrons. The van der Waals surface area contributed by atoms with Gasteiger partial charge in [0, 0.05) is 5.69 Å². The molecule has 1 aliphatic rings. The summed E-state index contributed by atoms with van der Waals surface area (Å²) in [5.74, 6) is -0.0194. The fourth-order valence-corrected chi connectivity index (χ4v) is 1.97. The summed E-state index contributed by atoms with van der Waals surface area (Å²) in [6.07, 6.45) is 4.77. The molecule has 1 aromatic rings. The number of carbonyl (C=O) groups excluding carboxylic acids is 1. The van der Waals surface area contributed by atoms with Crippen LogP contribution in [0.25, 0.3) is 0 Å². The highest BCUT2D eigenvalue weighted by atomic mass is 16.1. The van der Waals surface area contributed by atoms with Crippen LogP contribution in [0.3, 0.4) is 0 Å². The Labute approximate surface area is 112 Å². The zero-order valence-electron chi connectivity index (χ0n) is 11.3. The van der Waals surface area contributed by atoms with E-state index in [1.54, 1.807) is 12.2 Å². The van der Waals surface area contributed by atoms with Gasteiger partial charge in [-0.25, -0.2) is 4.99 Å². The van der Waals surface area contributed by atoms with E-state index in [9.17, 15) is 4.79 Å². The van der Waals surface area contributed by atoms with Gasteiger partial charge in [0.15, 0.2) is 5.78 Å². The van der Waals surface area contributed by atoms with Gasteiger partial charge < -0.3 is 11.5 Å². The molecular formula is C15H17N3O. The fourth-order valence-electron chi connectivity index (χ4n) is 1.97. The number of aryl methyl sites for hydroxylation is 1. The smallest absolute Gasteiger partial charge is 0.179 e. The summed E-state index contributed by atoms with van der Waals surface area (Å²) in [5.41, 5.74) is 17.3. The van der Waals surface area contributed by atoms with Gasteiger partial charge in [-0.3, -0.25) is 4.79 Å². The number of nitrogens with two attached hydrogens (primary N) is 2. The van der Waals surface area contributed by atoms with E-state index in [1.807, 2.05) is 26.8 Å². The zero-order valence-corrected chi connectivity index (χ0v) is 11.3. The Morgan fingerprint density at radius 3 is 2.37 bits per heavy atom. The van der Waals surface area contributed by atoms with E-state index in [0.29, 0.717) is 17.1 Å². The second-order valence-electron chi connectivity index (χ2n) is 4.73. The second kappa shape index (κ2) is 4.72. The molecule has 1 aromatic carbocycles. The normalized spacial score (nSPS) is 16.9. The van der Waals surface area contributed by atoms with E-state index in [2.05, 4.69) is 4.99 Å². The van der Waals surface area contributed by atoms with Crippen LogP contribution in [-0.4, -0.2) is 11.5 Å². The molecule has 0 heterocycles. The number of hydrogen-bond acceptors (Lipinski definition) is 4. The summed E-state index contributed by atoms with van der Waals surface area (Å²) >= 11 is 0. The number of rotatable bonds is 1. The molecule has 0 bridgehead atoms. The van der Waals surface area contributed by atoms with E-state index in [0.717, 1.165) is 22.4 Å². The lowest BCUT2D eigenvalue weighted by Gasteiger charge is -2.12. The SMILES string of the molecule is CC1=CC(=O)C=CC1=Nc1cc(C)c(N)c(C)c1N. The maximum atomic E-state index is 11.2. The highest BCUT2D eigenvalue weighted by Gasteiger charge is 2.11. The fraction of sp³-hybridized carbons (Fsp3) is 0.200. The number of nitrogen functional groups attached to an aromatic ring is 2. The first-order valence-corrected chi connectivity index (χ1v) is 6.04. The predicted molar refractivity (Wildman–Crippen MR) is 79.7 cm³/mol. The minimum absolute atomic E-state index is 0.0194. The number of ketones is 1. The van der Waals surface area contributed by atoms with Gasteiger partial charge in [-0.05, 0) is 61.8 Å². The first-order chi connectivity index (χ1) is 8.90. The average molecular weight is 255 g/mol. The van der Waals surface area contributed by atoms with Crippen LogP contribution < -0.4 is 11.5 Å². The standard InChI is InChI=1S/C15H17N3O/c1-8-6-11(19)4-5-12(8)18-13-7-9(2)14(16)10(3)15(13)17/h4-7H,16-17H2,1-3H3. The lowest BCUT2D eigenvalue weighted by Crippen LogP contribution is -2.06. The lowest BCUT2D eigenvalue weighted by molar-refractivity contribution is -0.110. The number of aliphatic imine (C=N–C) groups is 1. The maximum absolute atomic E-state index is 11.2. The van der Waals surface area contributed by atoms with Gasteiger partial charge in [-0.1, -0.05) is 0 Å². The molecule has 0 saturated heterocycles. The molecule has 0 unspecified atom stereocenters. The van der Waals surface area contributed by atoms with Crippen molar-refractivity contribution in [3.8, 4) is 0 Å². The third-order valence-corrected chi connectivity index (χ3v) is 3.27. The topological polar surface area (TPSA) is 81.5 Å². The molecule has 0 radical (unpaired) electrons. The van der Waals surface area contributed by atoms with E-state index in [1.165, 1.54) is 6.08 Å². The molecule has 2 rings (SSSR count). The second-order valence-corrected chi connectivity index (χ2v) is 4.73. The van der Waals surface area contributed by atoms with E-state index in [-0.39, 0.29) is 5.78 Å². The first-order valence-electron chi connectivity index (χ1n) is 6.04. The summed E-state index contributed by atoms with van der Waals surface area (Å²) < 4.78 is 0. The molecule has 0 fully saturated rings. The highest BCUT2D eigenvalue weighted by Crippen LogP contribution is 2.33. The summed E-state index contributed by atoms with van der Waals surface area (Å²) in [5, 5.41) is 0. The van der Waals surface area contributed by atoms with Gasteiger partial charge in [0.1, 0.15) is 0 Å². The van der Waals surface area contributed by atoms with Crippen molar-refractivity contribution in [3.63, 3.8) is 0 Å². The van der Waals surface area contributed by atoms with E-state index < -0.39 is 0 Å². The molecular weight excluding hydrogens is 238 g/mol. The van der Waals surface area contributed by atoms with Crippen molar-refractivity contribution in [3.05, 3.63) is 41.0 Å². The van der Waals surface area contributed by atoms with Crippen molar-refractivity contribution in [2.24, 2.45) is 4.99 Å². The molecule has 0 atom stereocenters. The zero-order chi connectivity index (χ0) is 14.2. The third-order valence-electron chi connectivity index (χ3n) is 3.27. The summed E-state index contributed by atoms with van der Waals surface area (Å²) in [6.45, 7) is 5.66. The molecule has 4 N–H and O–H groups in total. The van der Waals surface area contributed by atoms with Crippen LogP contribution in [0, 0.1) is 13.8 Å². The summed E-state index contributed by atoms with van der Waals surface area (Å²) in [6, 6.07) is 1.86. The monoisotopic (exact) mass is 255 g/mol. The molecule has 1 aliphatic carbocycles. The highest BCUT2D eigenvalue weighted by molar-refractivity contribution is 6.20. The Morgan fingerprint density at radius 2 is 1.74 bits per heavy atom. The Kier molecular flexibility index (Phi) is 3.25. The van der Waals surface area contributed by atoms with Crippen molar-refractivity contribution in [2.75, 3.05) is 11.5 Å². The van der Waals surface area contributed by atoms with Crippen LogP contribution in [0.15, 0.2) is 34.9 Å². The molecule has 0 amide bonds. The number of anilines is 2. The van der Waals surface area contributed by atoms with Gasteiger partial charge in [-0.15, -0.1) is 0 Å². The van der Waals surface area contributed by atoms with Crippen molar-refractivity contribution in [2.45, 2.75) is 20.8 Å². The van der Waals surface area contributed by atoms with Crippen LogP contribution >= 0.6 is 0 Å². The molecule has 0 spiro atoms. The van der Waals surface area contributed by atoms with Crippen molar-refractivity contribution < 1.29 is 4.79 Å². The van der Waals surface area contributed by atoms with Crippen LogP contribution in [0.1, 0.15) is 18.1 Å². The first kappa shape index (κ1) is 13.1. The molecule has 0 saturated carbocycles. The number of benzene rings is 1. The molecule has 4 heteroatoms. The number of allylic oxidation sites excluding steroid dienone is 4. The lowest BCUT2D eigenvalue weighted by atomic mass is 10.0. The minimum atomic E-state index is -0.0194. The van der Waals surface area contributed by atoms with Crippen molar-refractivity contribution in [1.82, 2.24) is 0 Å². The van der Waals surface area contributed by atoms with Crippen LogP contribution in [0.2, 0.25) is 0 Å². The van der Waals surface area contributed by atoms with Gasteiger partial charge in [-0.2, -0.15) is 0 Å². The number of carbonyl (C=O) groups is 1. The average Bonchev–Trinajstić information content (AvgIpc) is 2.36. The van der Waals surface area contributed by atoms with Crippen LogP contribution in [-0.2, 0) is 4.79 Å². The summed E-state index contributed by atoms with van der Waals surface area (Å²) in [7, 11) is 0.